The molecular weight excluding hydrogens is 520 g/mol. The second-order valence-electron chi connectivity index (χ2n) is 9.17. The fourth-order valence-electron chi connectivity index (χ4n) is 4.57. The molecular formula is C29H37BrN2O4. The molecule has 1 saturated heterocycles. The fourth-order valence-corrected chi connectivity index (χ4v) is 4.83. The lowest BCUT2D eigenvalue weighted by Gasteiger charge is -2.27. The van der Waals surface area contributed by atoms with Gasteiger partial charge in [-0.1, -0.05) is 54.8 Å². The van der Waals surface area contributed by atoms with Crippen molar-refractivity contribution in [3.05, 3.63) is 69.7 Å². The minimum Gasteiger partial charge on any atom is -0.507 e. The van der Waals surface area contributed by atoms with Crippen molar-refractivity contribution in [1.29, 1.82) is 0 Å². The van der Waals surface area contributed by atoms with E-state index in [1.54, 1.807) is 36.3 Å². The molecule has 0 radical (unpaired) electrons. The van der Waals surface area contributed by atoms with Crippen LogP contribution in [0.5, 0.6) is 5.75 Å². The van der Waals surface area contributed by atoms with Crippen LogP contribution in [0.3, 0.4) is 0 Å². The van der Waals surface area contributed by atoms with E-state index in [1.165, 1.54) is 0 Å². The molecule has 0 saturated carbocycles. The molecule has 2 aromatic rings. The number of amides is 1. The van der Waals surface area contributed by atoms with Gasteiger partial charge in [-0.3, -0.25) is 9.59 Å². The van der Waals surface area contributed by atoms with Gasteiger partial charge < -0.3 is 19.6 Å². The number of aliphatic hydroxyl groups excluding tert-OH is 1. The van der Waals surface area contributed by atoms with E-state index in [9.17, 15) is 14.7 Å². The quantitative estimate of drug-likeness (QED) is 0.181. The lowest BCUT2D eigenvalue weighted by molar-refractivity contribution is -0.140. The Hall–Kier alpha value is -2.64. The van der Waals surface area contributed by atoms with E-state index in [0.29, 0.717) is 17.9 Å². The molecule has 1 atom stereocenters. The van der Waals surface area contributed by atoms with E-state index < -0.39 is 17.7 Å². The predicted molar refractivity (Wildman–Crippen MR) is 147 cm³/mol. The Balaban J connectivity index is 1.90. The summed E-state index contributed by atoms with van der Waals surface area (Å²) in [7, 11) is 1.57. The van der Waals surface area contributed by atoms with Gasteiger partial charge in [-0.2, -0.15) is 0 Å². The molecule has 0 aromatic heterocycles. The van der Waals surface area contributed by atoms with Crippen LogP contribution in [0.15, 0.2) is 58.6 Å². The van der Waals surface area contributed by atoms with Crippen molar-refractivity contribution in [2.75, 3.05) is 33.3 Å². The van der Waals surface area contributed by atoms with Crippen LogP contribution in [0.1, 0.15) is 63.1 Å². The van der Waals surface area contributed by atoms with Crippen LogP contribution >= 0.6 is 15.9 Å². The van der Waals surface area contributed by atoms with Gasteiger partial charge in [-0.25, -0.2) is 0 Å². The smallest absolute Gasteiger partial charge is 0.295 e. The van der Waals surface area contributed by atoms with Crippen LogP contribution < -0.4 is 4.74 Å². The van der Waals surface area contributed by atoms with Gasteiger partial charge in [-0.15, -0.1) is 0 Å². The van der Waals surface area contributed by atoms with Crippen molar-refractivity contribution in [2.24, 2.45) is 0 Å². The highest BCUT2D eigenvalue weighted by Gasteiger charge is 2.45. The van der Waals surface area contributed by atoms with E-state index in [1.807, 2.05) is 24.3 Å². The van der Waals surface area contributed by atoms with Gasteiger partial charge in [0.05, 0.1) is 18.7 Å². The molecule has 0 unspecified atom stereocenters. The number of rotatable bonds is 13. The minimum absolute atomic E-state index is 0.126. The zero-order chi connectivity index (χ0) is 26.1. The lowest BCUT2D eigenvalue weighted by Crippen LogP contribution is -2.34. The summed E-state index contributed by atoms with van der Waals surface area (Å²) in [5.74, 6) is -0.734. The van der Waals surface area contributed by atoms with Crippen LogP contribution in [-0.2, 0) is 9.59 Å². The summed E-state index contributed by atoms with van der Waals surface area (Å²) in [6, 6.07) is 13.8. The van der Waals surface area contributed by atoms with E-state index in [0.717, 1.165) is 61.8 Å². The largest absolute Gasteiger partial charge is 0.507 e. The maximum absolute atomic E-state index is 13.2. The van der Waals surface area contributed by atoms with Crippen LogP contribution in [0.25, 0.3) is 5.76 Å². The number of hydrogen-bond donors (Lipinski definition) is 1. The summed E-state index contributed by atoms with van der Waals surface area (Å²) >= 11 is 3.46. The number of ketones is 1. The number of aliphatic hydroxyl groups is 1. The van der Waals surface area contributed by atoms with Gasteiger partial charge in [0.2, 0.25) is 0 Å². The number of carbonyl (C=O) groups excluding carboxylic acids is 2. The SMILES string of the molecule is CCCCN(CCCC)CCCN1C(=O)C(=O)C(=C(O)c2ccc(OC)cc2)[C@@H]1c1ccc(Br)cc1. The molecule has 36 heavy (non-hydrogen) atoms. The molecule has 1 fully saturated rings. The highest BCUT2D eigenvalue weighted by Crippen LogP contribution is 2.40. The number of methoxy groups -OCH3 is 1. The first-order valence-electron chi connectivity index (χ1n) is 12.8. The monoisotopic (exact) mass is 556 g/mol. The molecule has 1 heterocycles. The normalized spacial score (nSPS) is 17.2. The third-order valence-electron chi connectivity index (χ3n) is 6.62. The van der Waals surface area contributed by atoms with Gasteiger partial charge in [-0.05, 0) is 80.9 Å². The number of Topliss-reactive ketones (excluding diaryl/α,β-unsaturated/α-hetero) is 1. The Morgan fingerprint density at radius 1 is 0.944 bits per heavy atom. The summed E-state index contributed by atoms with van der Waals surface area (Å²) in [6.45, 7) is 7.79. The number of carbonyl (C=O) groups is 2. The molecule has 1 aliphatic rings. The van der Waals surface area contributed by atoms with Crippen molar-refractivity contribution in [2.45, 2.75) is 52.0 Å². The maximum atomic E-state index is 13.2. The number of nitrogens with zero attached hydrogens (tertiary/aromatic N) is 2. The maximum Gasteiger partial charge on any atom is 0.295 e. The highest BCUT2D eigenvalue weighted by molar-refractivity contribution is 9.10. The summed E-state index contributed by atoms with van der Waals surface area (Å²) in [5, 5.41) is 11.2. The van der Waals surface area contributed by atoms with Gasteiger partial charge in [0.15, 0.2) is 0 Å². The van der Waals surface area contributed by atoms with Crippen molar-refractivity contribution >= 4 is 33.4 Å². The lowest BCUT2D eigenvalue weighted by atomic mass is 9.95. The molecule has 6 nitrogen and oxygen atoms in total. The fraction of sp³-hybridized carbons (Fsp3) is 0.448. The molecule has 3 rings (SSSR count). The summed E-state index contributed by atoms with van der Waals surface area (Å²) < 4.78 is 6.11. The summed E-state index contributed by atoms with van der Waals surface area (Å²) in [6.07, 6.45) is 5.35. The second kappa shape index (κ2) is 13.6. The van der Waals surface area contributed by atoms with Gasteiger partial charge in [0.1, 0.15) is 11.5 Å². The first-order valence-corrected chi connectivity index (χ1v) is 13.6. The molecule has 0 bridgehead atoms. The molecule has 7 heteroatoms. The Morgan fingerprint density at radius 2 is 1.53 bits per heavy atom. The van der Waals surface area contributed by atoms with Crippen LogP contribution in [-0.4, -0.2) is 59.9 Å². The average Bonchev–Trinajstić information content (AvgIpc) is 3.15. The molecule has 1 aliphatic heterocycles. The zero-order valence-corrected chi connectivity index (χ0v) is 23.1. The number of ether oxygens (including phenoxy) is 1. The number of halogens is 1. The molecule has 194 valence electrons. The van der Waals surface area contributed by atoms with E-state index in [-0.39, 0.29) is 11.3 Å². The molecule has 1 N–H and O–H groups in total. The van der Waals surface area contributed by atoms with Crippen LogP contribution in [0.4, 0.5) is 0 Å². The second-order valence-corrected chi connectivity index (χ2v) is 10.1. The Kier molecular flexibility index (Phi) is 10.6. The third-order valence-corrected chi connectivity index (χ3v) is 7.15. The molecule has 0 aliphatic carbocycles. The zero-order valence-electron chi connectivity index (χ0n) is 21.5. The first kappa shape index (κ1) is 27.9. The van der Waals surface area contributed by atoms with Crippen molar-refractivity contribution in [3.8, 4) is 5.75 Å². The van der Waals surface area contributed by atoms with Gasteiger partial charge in [0.25, 0.3) is 11.7 Å². The van der Waals surface area contributed by atoms with E-state index >= 15 is 0 Å². The number of likely N-dealkylation sites (tertiary alicyclic amines) is 1. The topological polar surface area (TPSA) is 70.1 Å². The van der Waals surface area contributed by atoms with Crippen molar-refractivity contribution in [3.63, 3.8) is 0 Å². The highest BCUT2D eigenvalue weighted by atomic mass is 79.9. The standard InChI is InChI=1S/C29H37BrN2O4/c1-4-6-17-31(18-7-5-2)19-8-20-32-26(21-9-13-23(30)14-10-21)25(28(34)29(32)35)27(33)22-11-15-24(36-3)16-12-22/h9-16,26,33H,4-8,17-20H2,1-3H3/t26-/m0/s1. The number of benzene rings is 2. The van der Waals surface area contributed by atoms with Crippen LogP contribution in [0.2, 0.25) is 0 Å². The minimum atomic E-state index is -0.648. The van der Waals surface area contributed by atoms with E-state index in [4.69, 9.17) is 4.74 Å². The first-order chi connectivity index (χ1) is 17.4. The van der Waals surface area contributed by atoms with Gasteiger partial charge in [0, 0.05) is 16.6 Å². The summed E-state index contributed by atoms with van der Waals surface area (Å²) in [5.41, 5.74) is 1.39. The van der Waals surface area contributed by atoms with Crippen LogP contribution in [0, 0.1) is 0 Å². The number of unbranched alkanes of at least 4 members (excludes halogenated alkanes) is 2. The Bertz CT molecular complexity index is 1040. The Morgan fingerprint density at radius 3 is 2.08 bits per heavy atom. The van der Waals surface area contributed by atoms with E-state index in [2.05, 4.69) is 34.7 Å². The predicted octanol–water partition coefficient (Wildman–Crippen LogP) is 6.17. The van der Waals surface area contributed by atoms with Crippen molar-refractivity contribution < 1.29 is 19.4 Å². The van der Waals surface area contributed by atoms with Gasteiger partial charge >= 0.3 is 0 Å². The molecule has 1 amide bonds. The average molecular weight is 558 g/mol. The summed E-state index contributed by atoms with van der Waals surface area (Å²) in [4.78, 5) is 30.5. The number of hydrogen-bond acceptors (Lipinski definition) is 5. The molecule has 2 aromatic carbocycles. The molecule has 0 spiro atoms. The Labute approximate surface area is 223 Å². The van der Waals surface area contributed by atoms with Crippen molar-refractivity contribution in [1.82, 2.24) is 9.80 Å². The third kappa shape index (κ3) is 6.77.